The number of halogens is 6. The largest absolute Gasteiger partial charge is 0.507 e. The molecule has 0 fully saturated rings. The van der Waals surface area contributed by atoms with E-state index in [1.165, 1.54) is 0 Å². The number of phenols is 1. The molecule has 0 spiro atoms. The van der Waals surface area contributed by atoms with Crippen LogP contribution in [0, 0.1) is 6.92 Å². The molecule has 0 radical (unpaired) electrons. The number of phenolic OH excluding ortho intramolecular Hbond substituents is 1. The van der Waals surface area contributed by atoms with Crippen molar-refractivity contribution in [3.05, 3.63) is 28.8 Å². The van der Waals surface area contributed by atoms with Crippen molar-refractivity contribution >= 4 is 0 Å². The maximum atomic E-state index is 12.4. The molecule has 16 heavy (non-hydrogen) atoms. The maximum Gasteiger partial charge on any atom is 0.420 e. The third kappa shape index (κ3) is 2.23. The van der Waals surface area contributed by atoms with Gasteiger partial charge < -0.3 is 5.11 Å². The molecular weight excluding hydrogens is 238 g/mol. The summed E-state index contributed by atoms with van der Waals surface area (Å²) in [5.41, 5.74) is -3.80. The van der Waals surface area contributed by atoms with Crippen LogP contribution in [0.2, 0.25) is 0 Å². The van der Waals surface area contributed by atoms with Gasteiger partial charge in [-0.25, -0.2) is 0 Å². The van der Waals surface area contributed by atoms with E-state index in [-0.39, 0.29) is 0 Å². The van der Waals surface area contributed by atoms with Crippen molar-refractivity contribution in [1.82, 2.24) is 0 Å². The van der Waals surface area contributed by atoms with Crippen LogP contribution < -0.4 is 0 Å². The van der Waals surface area contributed by atoms with Crippen molar-refractivity contribution < 1.29 is 31.4 Å². The highest BCUT2D eigenvalue weighted by atomic mass is 19.4. The SMILES string of the molecule is Cc1ccc(C(F)(F)F)c(O)c1C(F)(F)F. The van der Waals surface area contributed by atoms with Gasteiger partial charge in [-0.05, 0) is 18.6 Å². The molecule has 0 bridgehead atoms. The maximum absolute atomic E-state index is 12.4. The molecule has 1 nitrogen and oxygen atoms in total. The highest BCUT2D eigenvalue weighted by Gasteiger charge is 2.42. The van der Waals surface area contributed by atoms with Gasteiger partial charge in [-0.15, -0.1) is 0 Å². The molecule has 90 valence electrons. The molecule has 0 atom stereocenters. The molecule has 0 aromatic heterocycles. The van der Waals surface area contributed by atoms with Crippen molar-refractivity contribution in [3.8, 4) is 5.75 Å². The topological polar surface area (TPSA) is 20.2 Å². The van der Waals surface area contributed by atoms with Gasteiger partial charge in [-0.2, -0.15) is 26.3 Å². The number of hydrogen-bond donors (Lipinski definition) is 1. The molecule has 0 saturated carbocycles. The number of benzene rings is 1. The van der Waals surface area contributed by atoms with Crippen LogP contribution in [-0.4, -0.2) is 5.11 Å². The average molecular weight is 244 g/mol. The summed E-state index contributed by atoms with van der Waals surface area (Å²) in [6.45, 7) is 0.975. The van der Waals surface area contributed by atoms with E-state index in [1.54, 1.807) is 0 Å². The van der Waals surface area contributed by atoms with Crippen LogP contribution in [0.1, 0.15) is 16.7 Å². The minimum Gasteiger partial charge on any atom is -0.507 e. The zero-order chi connectivity index (χ0) is 12.7. The first-order valence-electron chi connectivity index (χ1n) is 4.02. The molecule has 0 amide bonds. The molecule has 7 heteroatoms. The molecule has 0 heterocycles. The van der Waals surface area contributed by atoms with E-state index >= 15 is 0 Å². The lowest BCUT2D eigenvalue weighted by Gasteiger charge is -2.16. The predicted molar refractivity (Wildman–Crippen MR) is 42.8 cm³/mol. The lowest BCUT2D eigenvalue weighted by atomic mass is 10.0. The van der Waals surface area contributed by atoms with E-state index < -0.39 is 34.8 Å². The summed E-state index contributed by atoms with van der Waals surface area (Å²) < 4.78 is 73.7. The van der Waals surface area contributed by atoms with E-state index in [2.05, 4.69) is 0 Å². The number of aromatic hydroxyl groups is 1. The summed E-state index contributed by atoms with van der Waals surface area (Å²) in [6, 6.07) is 1.09. The zero-order valence-corrected chi connectivity index (χ0v) is 7.87. The van der Waals surface area contributed by atoms with Gasteiger partial charge in [-0.3, -0.25) is 0 Å². The standard InChI is InChI=1S/C9H6F6O/c1-4-2-3-5(8(10,11)12)7(16)6(4)9(13,14)15/h2-3,16H,1H3. The lowest BCUT2D eigenvalue weighted by molar-refractivity contribution is -0.145. The Bertz CT molecular complexity index is 404. The minimum absolute atomic E-state index is 0.417. The van der Waals surface area contributed by atoms with Crippen molar-refractivity contribution in [2.75, 3.05) is 0 Å². The second kappa shape index (κ2) is 3.57. The van der Waals surface area contributed by atoms with E-state index in [1.807, 2.05) is 0 Å². The molecule has 0 aliphatic heterocycles. The fraction of sp³-hybridized carbons (Fsp3) is 0.333. The molecule has 0 aliphatic rings. The van der Waals surface area contributed by atoms with Gasteiger partial charge in [0.2, 0.25) is 0 Å². The Balaban J connectivity index is 3.52. The highest BCUT2D eigenvalue weighted by Crippen LogP contribution is 2.44. The lowest BCUT2D eigenvalue weighted by Crippen LogP contribution is -2.13. The molecule has 1 rings (SSSR count). The Kier molecular flexibility index (Phi) is 2.82. The van der Waals surface area contributed by atoms with Crippen LogP contribution in [-0.2, 0) is 12.4 Å². The van der Waals surface area contributed by atoms with Gasteiger partial charge in [0.1, 0.15) is 11.3 Å². The van der Waals surface area contributed by atoms with Gasteiger partial charge in [-0.1, -0.05) is 6.07 Å². The predicted octanol–water partition coefficient (Wildman–Crippen LogP) is 3.74. The van der Waals surface area contributed by atoms with Crippen LogP contribution in [0.5, 0.6) is 5.75 Å². The quantitative estimate of drug-likeness (QED) is 0.689. The monoisotopic (exact) mass is 244 g/mol. The van der Waals surface area contributed by atoms with E-state index in [4.69, 9.17) is 5.11 Å². The molecule has 1 aromatic carbocycles. The summed E-state index contributed by atoms with van der Waals surface area (Å²) in [5.74, 6) is -1.78. The molecule has 1 aromatic rings. The Morgan fingerprint density at radius 3 is 1.81 bits per heavy atom. The van der Waals surface area contributed by atoms with Gasteiger partial charge in [0.25, 0.3) is 0 Å². The normalized spacial score (nSPS) is 12.9. The Morgan fingerprint density at radius 2 is 1.44 bits per heavy atom. The summed E-state index contributed by atoms with van der Waals surface area (Å²) in [5, 5.41) is 9.00. The van der Waals surface area contributed by atoms with Crippen LogP contribution in [0.4, 0.5) is 26.3 Å². The van der Waals surface area contributed by atoms with Crippen LogP contribution in [0.3, 0.4) is 0 Å². The second-order valence-corrected chi connectivity index (χ2v) is 3.15. The van der Waals surface area contributed by atoms with Gasteiger partial charge in [0, 0.05) is 0 Å². The number of alkyl halides is 6. The molecular formula is C9H6F6O. The third-order valence-corrected chi connectivity index (χ3v) is 1.98. The highest BCUT2D eigenvalue weighted by molar-refractivity contribution is 5.48. The van der Waals surface area contributed by atoms with Crippen LogP contribution in [0.25, 0.3) is 0 Å². The number of rotatable bonds is 0. The first-order chi connectivity index (χ1) is 7.05. The Morgan fingerprint density at radius 1 is 0.938 bits per heavy atom. The van der Waals surface area contributed by atoms with E-state index in [0.717, 1.165) is 6.92 Å². The van der Waals surface area contributed by atoms with E-state index in [0.29, 0.717) is 12.1 Å². The third-order valence-electron chi connectivity index (χ3n) is 1.98. The molecule has 0 saturated heterocycles. The first kappa shape index (κ1) is 12.7. The summed E-state index contributed by atoms with van der Waals surface area (Å²) in [4.78, 5) is 0. The number of aryl methyl sites for hydroxylation is 1. The average Bonchev–Trinajstić information content (AvgIpc) is 1.97. The van der Waals surface area contributed by atoms with Gasteiger partial charge in [0.15, 0.2) is 0 Å². The van der Waals surface area contributed by atoms with Crippen LogP contribution >= 0.6 is 0 Å². The van der Waals surface area contributed by atoms with Crippen molar-refractivity contribution in [2.24, 2.45) is 0 Å². The zero-order valence-electron chi connectivity index (χ0n) is 7.87. The minimum atomic E-state index is -5.02. The van der Waals surface area contributed by atoms with Crippen LogP contribution in [0.15, 0.2) is 12.1 Å². The molecule has 0 aliphatic carbocycles. The first-order valence-corrected chi connectivity index (χ1v) is 4.02. The van der Waals surface area contributed by atoms with Crippen molar-refractivity contribution in [2.45, 2.75) is 19.3 Å². The summed E-state index contributed by atoms with van der Waals surface area (Å²) in [7, 11) is 0. The fourth-order valence-corrected chi connectivity index (χ4v) is 1.28. The van der Waals surface area contributed by atoms with Gasteiger partial charge in [0.05, 0.1) is 5.56 Å². The van der Waals surface area contributed by atoms with Crippen molar-refractivity contribution in [1.29, 1.82) is 0 Å². The van der Waals surface area contributed by atoms with Gasteiger partial charge >= 0.3 is 12.4 Å². The molecule has 1 N–H and O–H groups in total. The summed E-state index contributed by atoms with van der Waals surface area (Å²) >= 11 is 0. The molecule has 0 unspecified atom stereocenters. The van der Waals surface area contributed by atoms with Crippen molar-refractivity contribution in [3.63, 3.8) is 0 Å². The van der Waals surface area contributed by atoms with E-state index in [9.17, 15) is 26.3 Å². The number of hydrogen-bond acceptors (Lipinski definition) is 1. The fourth-order valence-electron chi connectivity index (χ4n) is 1.28. The second-order valence-electron chi connectivity index (χ2n) is 3.15. The summed E-state index contributed by atoms with van der Waals surface area (Å²) in [6.07, 6.45) is -10.0. The Hall–Kier alpha value is -1.40. The Labute approximate surface area is 86.3 Å². The smallest absolute Gasteiger partial charge is 0.420 e.